The van der Waals surface area contributed by atoms with Crippen molar-refractivity contribution in [3.8, 4) is 0 Å². The molecule has 3 heteroatoms. The molecule has 0 saturated heterocycles. The molecule has 21 heavy (non-hydrogen) atoms. The Balaban J connectivity index is 2.50. The fourth-order valence-electron chi connectivity index (χ4n) is 2.72. The summed E-state index contributed by atoms with van der Waals surface area (Å²) in [6, 6.07) is 7.82. The van der Waals surface area contributed by atoms with Crippen molar-refractivity contribution in [2.24, 2.45) is 0 Å². The minimum absolute atomic E-state index is 0.0466. The summed E-state index contributed by atoms with van der Waals surface area (Å²) in [5.41, 5.74) is 2.35. The molecule has 1 aliphatic carbocycles. The number of amides is 1. The third-order valence-electron chi connectivity index (χ3n) is 4.13. The highest BCUT2D eigenvalue weighted by Gasteiger charge is 2.51. The number of carbonyl (C=O) groups excluding carboxylic acids is 1. The van der Waals surface area contributed by atoms with E-state index < -0.39 is 5.41 Å². The zero-order valence-corrected chi connectivity index (χ0v) is 12.9. The first kappa shape index (κ1) is 15.5. The molecule has 1 aromatic carbocycles. The zero-order valence-electron chi connectivity index (χ0n) is 12.9. The van der Waals surface area contributed by atoms with Crippen molar-refractivity contribution in [3.05, 3.63) is 53.4 Å². The smallest absolute Gasteiger partial charge is 0.230 e. The van der Waals surface area contributed by atoms with E-state index in [4.69, 9.17) is 0 Å². The van der Waals surface area contributed by atoms with Gasteiger partial charge in [-0.15, -0.1) is 0 Å². The SMILES string of the molecule is C/C=C(\C=C(\F)CC)c1ccccc1C1(C(=O)NC)CC1. The Kier molecular flexibility index (Phi) is 4.61. The van der Waals surface area contributed by atoms with Crippen LogP contribution in [0.3, 0.4) is 0 Å². The molecule has 1 aromatic rings. The number of benzene rings is 1. The lowest BCUT2D eigenvalue weighted by atomic mass is 9.87. The average molecular weight is 287 g/mol. The van der Waals surface area contributed by atoms with Crippen LogP contribution in [0.1, 0.15) is 44.2 Å². The largest absolute Gasteiger partial charge is 0.358 e. The molecule has 0 unspecified atom stereocenters. The minimum Gasteiger partial charge on any atom is -0.358 e. The van der Waals surface area contributed by atoms with Crippen LogP contribution < -0.4 is 5.32 Å². The molecule has 0 heterocycles. The predicted octanol–water partition coefficient (Wildman–Crippen LogP) is 4.13. The van der Waals surface area contributed by atoms with Gasteiger partial charge in [-0.3, -0.25) is 4.79 Å². The standard InChI is InChI=1S/C18H22FNO/c1-4-13(12-14(19)5-2)15-8-6-7-9-16(15)18(10-11-18)17(21)20-3/h4,6-9,12H,5,10-11H2,1-3H3,(H,20,21)/b13-4+,14-12+. The van der Waals surface area contributed by atoms with Crippen LogP contribution in [0.4, 0.5) is 4.39 Å². The Morgan fingerprint density at radius 1 is 1.38 bits per heavy atom. The van der Waals surface area contributed by atoms with Gasteiger partial charge in [-0.05, 0) is 49.0 Å². The lowest BCUT2D eigenvalue weighted by molar-refractivity contribution is -0.123. The zero-order chi connectivity index (χ0) is 15.5. The predicted molar refractivity (Wildman–Crippen MR) is 84.6 cm³/mol. The summed E-state index contributed by atoms with van der Waals surface area (Å²) in [4.78, 5) is 12.2. The second-order valence-electron chi connectivity index (χ2n) is 5.40. The average Bonchev–Trinajstić information content (AvgIpc) is 3.33. The minimum atomic E-state index is -0.434. The van der Waals surface area contributed by atoms with Crippen molar-refractivity contribution >= 4 is 11.5 Å². The van der Waals surface area contributed by atoms with Crippen molar-refractivity contribution in [2.75, 3.05) is 7.05 Å². The van der Waals surface area contributed by atoms with Gasteiger partial charge in [0, 0.05) is 7.05 Å². The van der Waals surface area contributed by atoms with E-state index >= 15 is 0 Å². The molecule has 0 aromatic heterocycles. The van der Waals surface area contributed by atoms with Gasteiger partial charge in [-0.2, -0.15) is 0 Å². The Morgan fingerprint density at radius 3 is 2.57 bits per heavy atom. The molecule has 1 N–H and O–H groups in total. The summed E-state index contributed by atoms with van der Waals surface area (Å²) in [6.07, 6.45) is 5.54. The Hall–Kier alpha value is -1.90. The van der Waals surface area contributed by atoms with E-state index in [-0.39, 0.29) is 11.7 Å². The molecular formula is C18H22FNO. The fourth-order valence-corrected chi connectivity index (χ4v) is 2.72. The molecule has 1 amide bonds. The van der Waals surface area contributed by atoms with Crippen molar-refractivity contribution in [2.45, 2.75) is 38.5 Å². The Morgan fingerprint density at radius 2 is 2.05 bits per heavy atom. The van der Waals surface area contributed by atoms with Gasteiger partial charge in [0.2, 0.25) is 5.91 Å². The first-order chi connectivity index (χ1) is 10.1. The van der Waals surface area contributed by atoms with Gasteiger partial charge in [-0.1, -0.05) is 37.3 Å². The quantitative estimate of drug-likeness (QED) is 0.811. The van der Waals surface area contributed by atoms with Crippen molar-refractivity contribution in [1.29, 1.82) is 0 Å². The van der Waals surface area contributed by atoms with Gasteiger partial charge in [-0.25, -0.2) is 4.39 Å². The normalized spacial score (nSPS) is 17.5. The second-order valence-corrected chi connectivity index (χ2v) is 5.40. The molecule has 0 radical (unpaired) electrons. The molecule has 2 nitrogen and oxygen atoms in total. The van der Waals surface area contributed by atoms with Crippen LogP contribution in [0.25, 0.3) is 5.57 Å². The van der Waals surface area contributed by atoms with Crippen molar-refractivity contribution < 1.29 is 9.18 Å². The van der Waals surface area contributed by atoms with E-state index in [2.05, 4.69) is 5.32 Å². The topological polar surface area (TPSA) is 29.1 Å². The number of nitrogens with one attached hydrogen (secondary N) is 1. The van der Waals surface area contributed by atoms with E-state index in [0.29, 0.717) is 6.42 Å². The number of allylic oxidation sites excluding steroid dienone is 4. The fraction of sp³-hybridized carbons (Fsp3) is 0.389. The molecule has 1 fully saturated rings. The summed E-state index contributed by atoms with van der Waals surface area (Å²) in [7, 11) is 1.66. The van der Waals surface area contributed by atoms with E-state index in [1.807, 2.05) is 37.3 Å². The number of hydrogen-bond donors (Lipinski definition) is 1. The molecular weight excluding hydrogens is 265 g/mol. The molecule has 0 aliphatic heterocycles. The van der Waals surface area contributed by atoms with E-state index in [9.17, 15) is 9.18 Å². The van der Waals surface area contributed by atoms with Gasteiger partial charge in [0.05, 0.1) is 5.41 Å². The molecule has 1 saturated carbocycles. The van der Waals surface area contributed by atoms with Gasteiger partial charge in [0.1, 0.15) is 5.83 Å². The first-order valence-electron chi connectivity index (χ1n) is 7.43. The molecule has 0 bridgehead atoms. The summed E-state index contributed by atoms with van der Waals surface area (Å²) in [6.45, 7) is 3.68. The van der Waals surface area contributed by atoms with E-state index in [1.54, 1.807) is 20.0 Å². The molecule has 0 spiro atoms. The Labute approximate surface area is 125 Å². The first-order valence-corrected chi connectivity index (χ1v) is 7.43. The van der Waals surface area contributed by atoms with Crippen LogP contribution in [-0.4, -0.2) is 13.0 Å². The lowest BCUT2D eigenvalue weighted by Crippen LogP contribution is -2.32. The maximum absolute atomic E-state index is 13.7. The van der Waals surface area contributed by atoms with E-state index in [1.165, 1.54) is 0 Å². The van der Waals surface area contributed by atoms with Gasteiger partial charge < -0.3 is 5.32 Å². The number of hydrogen-bond acceptors (Lipinski definition) is 1. The van der Waals surface area contributed by atoms with Gasteiger partial charge in [0.25, 0.3) is 0 Å². The highest BCUT2D eigenvalue weighted by Crippen LogP contribution is 2.50. The third kappa shape index (κ3) is 2.92. The summed E-state index contributed by atoms with van der Waals surface area (Å²) >= 11 is 0. The van der Waals surface area contributed by atoms with Crippen LogP contribution in [0.5, 0.6) is 0 Å². The number of likely N-dealkylation sites (N-methyl/N-ethyl adjacent to an activating group) is 1. The number of carbonyl (C=O) groups is 1. The van der Waals surface area contributed by atoms with Crippen LogP contribution in [0.15, 0.2) is 42.2 Å². The molecule has 1 aliphatic rings. The highest BCUT2D eigenvalue weighted by atomic mass is 19.1. The monoisotopic (exact) mass is 287 g/mol. The van der Waals surface area contributed by atoms with Crippen molar-refractivity contribution in [1.82, 2.24) is 5.32 Å². The lowest BCUT2D eigenvalue weighted by Gasteiger charge is -2.19. The molecule has 112 valence electrons. The highest BCUT2D eigenvalue weighted by molar-refractivity contribution is 5.93. The summed E-state index contributed by atoms with van der Waals surface area (Å²) in [5, 5.41) is 2.75. The summed E-state index contributed by atoms with van der Waals surface area (Å²) in [5.74, 6) is -0.104. The maximum Gasteiger partial charge on any atom is 0.230 e. The van der Waals surface area contributed by atoms with Crippen LogP contribution in [0.2, 0.25) is 0 Å². The van der Waals surface area contributed by atoms with Crippen LogP contribution in [0, 0.1) is 0 Å². The van der Waals surface area contributed by atoms with Crippen molar-refractivity contribution in [3.63, 3.8) is 0 Å². The summed E-state index contributed by atoms with van der Waals surface area (Å²) < 4.78 is 13.7. The third-order valence-corrected chi connectivity index (χ3v) is 4.13. The number of rotatable bonds is 5. The number of halogens is 1. The van der Waals surface area contributed by atoms with Gasteiger partial charge in [0.15, 0.2) is 0 Å². The second kappa shape index (κ2) is 6.25. The molecule has 2 rings (SSSR count). The van der Waals surface area contributed by atoms with Gasteiger partial charge >= 0.3 is 0 Å². The molecule has 0 atom stereocenters. The Bertz CT molecular complexity index is 597. The van der Waals surface area contributed by atoms with Crippen LogP contribution >= 0.6 is 0 Å². The van der Waals surface area contributed by atoms with E-state index in [0.717, 1.165) is 29.5 Å². The maximum atomic E-state index is 13.7. The van der Waals surface area contributed by atoms with Crippen LogP contribution in [-0.2, 0) is 10.2 Å².